The molecule has 20 heavy (non-hydrogen) atoms. The van der Waals surface area contributed by atoms with Gasteiger partial charge in [0.25, 0.3) is 0 Å². The van der Waals surface area contributed by atoms with E-state index in [-0.39, 0.29) is 12.1 Å². The van der Waals surface area contributed by atoms with Gasteiger partial charge in [-0.25, -0.2) is 0 Å². The van der Waals surface area contributed by atoms with E-state index >= 15 is 0 Å². The van der Waals surface area contributed by atoms with Gasteiger partial charge in [-0.2, -0.15) is 0 Å². The SMILES string of the molecule is CCC(N)C(OCCCOCCOC)c1sccc1C. The van der Waals surface area contributed by atoms with Gasteiger partial charge >= 0.3 is 0 Å². The average Bonchev–Trinajstić information content (AvgIpc) is 2.87. The summed E-state index contributed by atoms with van der Waals surface area (Å²) < 4.78 is 16.3. The summed E-state index contributed by atoms with van der Waals surface area (Å²) in [4.78, 5) is 1.25. The standard InChI is InChI=1S/C15H27NO3S/c1-4-13(16)14(15-12(2)6-11-20-15)19-8-5-7-18-10-9-17-3/h6,11,13-14H,4-5,7-10,16H2,1-3H3. The maximum atomic E-state index is 6.19. The van der Waals surface area contributed by atoms with Crippen LogP contribution in [0.1, 0.15) is 36.3 Å². The summed E-state index contributed by atoms with van der Waals surface area (Å²) in [6.45, 7) is 6.84. The molecule has 1 aromatic heterocycles. The fourth-order valence-electron chi connectivity index (χ4n) is 1.90. The molecular formula is C15H27NO3S. The molecule has 0 aromatic carbocycles. The molecule has 5 heteroatoms. The Morgan fingerprint density at radius 3 is 2.65 bits per heavy atom. The minimum Gasteiger partial charge on any atom is -0.382 e. The van der Waals surface area contributed by atoms with Crippen molar-refractivity contribution in [1.82, 2.24) is 0 Å². The fourth-order valence-corrected chi connectivity index (χ4v) is 2.95. The van der Waals surface area contributed by atoms with Crippen molar-refractivity contribution in [2.24, 2.45) is 5.73 Å². The summed E-state index contributed by atoms with van der Waals surface area (Å²) in [7, 11) is 1.67. The minimum atomic E-state index is -0.000949. The summed E-state index contributed by atoms with van der Waals surface area (Å²) in [6.07, 6.45) is 1.78. The zero-order valence-electron chi connectivity index (χ0n) is 12.8. The Hall–Kier alpha value is -0.460. The topological polar surface area (TPSA) is 53.7 Å². The fraction of sp³-hybridized carbons (Fsp3) is 0.733. The van der Waals surface area contributed by atoms with Crippen LogP contribution in [0.25, 0.3) is 0 Å². The molecule has 1 aromatic rings. The number of thiophene rings is 1. The highest BCUT2D eigenvalue weighted by atomic mass is 32.1. The minimum absolute atomic E-state index is 0.000949. The highest BCUT2D eigenvalue weighted by Crippen LogP contribution is 2.29. The van der Waals surface area contributed by atoms with Crippen LogP contribution in [0.2, 0.25) is 0 Å². The first kappa shape index (κ1) is 17.6. The molecule has 2 atom stereocenters. The Bertz CT molecular complexity index is 357. The Balaban J connectivity index is 2.34. The third kappa shape index (κ3) is 5.89. The van der Waals surface area contributed by atoms with Gasteiger partial charge in [-0.05, 0) is 36.8 Å². The van der Waals surface area contributed by atoms with Gasteiger partial charge in [0.2, 0.25) is 0 Å². The molecule has 0 spiro atoms. The molecule has 4 nitrogen and oxygen atoms in total. The highest BCUT2D eigenvalue weighted by molar-refractivity contribution is 7.10. The number of ether oxygens (including phenoxy) is 3. The second-order valence-electron chi connectivity index (χ2n) is 4.79. The molecule has 0 saturated carbocycles. The second-order valence-corrected chi connectivity index (χ2v) is 5.74. The van der Waals surface area contributed by atoms with Gasteiger partial charge in [-0.15, -0.1) is 11.3 Å². The first-order valence-corrected chi connectivity index (χ1v) is 8.06. The summed E-state index contributed by atoms with van der Waals surface area (Å²) in [5.74, 6) is 0. The summed E-state index contributed by atoms with van der Waals surface area (Å²) in [5.41, 5.74) is 7.46. The van der Waals surface area contributed by atoms with Gasteiger partial charge in [0, 0.05) is 31.2 Å². The van der Waals surface area contributed by atoms with Crippen LogP contribution < -0.4 is 5.73 Å². The van der Waals surface area contributed by atoms with E-state index in [1.807, 2.05) is 0 Å². The van der Waals surface area contributed by atoms with Crippen molar-refractivity contribution in [3.63, 3.8) is 0 Å². The van der Waals surface area contributed by atoms with Crippen LogP contribution in [-0.4, -0.2) is 39.6 Å². The first-order valence-electron chi connectivity index (χ1n) is 7.18. The van der Waals surface area contributed by atoms with E-state index in [9.17, 15) is 0 Å². The summed E-state index contributed by atoms with van der Waals surface area (Å²) in [6, 6.07) is 2.16. The molecule has 1 rings (SSSR count). The van der Waals surface area contributed by atoms with Crippen molar-refractivity contribution in [3.8, 4) is 0 Å². The van der Waals surface area contributed by atoms with E-state index in [1.165, 1.54) is 10.4 Å². The van der Waals surface area contributed by atoms with E-state index in [4.69, 9.17) is 19.9 Å². The molecule has 2 unspecified atom stereocenters. The number of rotatable bonds is 11. The molecule has 2 N–H and O–H groups in total. The maximum absolute atomic E-state index is 6.19. The molecular weight excluding hydrogens is 274 g/mol. The third-order valence-electron chi connectivity index (χ3n) is 3.18. The van der Waals surface area contributed by atoms with Crippen LogP contribution >= 0.6 is 11.3 Å². The Morgan fingerprint density at radius 2 is 2.05 bits per heavy atom. The molecule has 0 aliphatic carbocycles. The molecule has 116 valence electrons. The van der Waals surface area contributed by atoms with Crippen LogP contribution in [0.3, 0.4) is 0 Å². The molecule has 0 aliphatic heterocycles. The summed E-state index contributed by atoms with van der Waals surface area (Å²) in [5, 5.41) is 2.09. The van der Waals surface area contributed by atoms with Crippen molar-refractivity contribution in [1.29, 1.82) is 0 Å². The van der Waals surface area contributed by atoms with E-state index in [0.717, 1.165) is 12.8 Å². The van der Waals surface area contributed by atoms with Crippen molar-refractivity contribution < 1.29 is 14.2 Å². The van der Waals surface area contributed by atoms with Crippen LogP contribution in [0.5, 0.6) is 0 Å². The molecule has 1 heterocycles. The molecule has 0 aliphatic rings. The zero-order valence-corrected chi connectivity index (χ0v) is 13.6. The average molecular weight is 301 g/mol. The Labute approximate surface area is 126 Å². The predicted molar refractivity (Wildman–Crippen MR) is 83.3 cm³/mol. The molecule has 0 radical (unpaired) electrons. The van der Waals surface area contributed by atoms with E-state index < -0.39 is 0 Å². The largest absolute Gasteiger partial charge is 0.382 e. The maximum Gasteiger partial charge on any atom is 0.107 e. The number of hydrogen-bond donors (Lipinski definition) is 1. The third-order valence-corrected chi connectivity index (χ3v) is 4.26. The quantitative estimate of drug-likeness (QED) is 0.639. The van der Waals surface area contributed by atoms with Crippen LogP contribution in [0.15, 0.2) is 11.4 Å². The van der Waals surface area contributed by atoms with Gasteiger partial charge in [0.05, 0.1) is 13.2 Å². The van der Waals surface area contributed by atoms with Crippen molar-refractivity contribution in [3.05, 3.63) is 21.9 Å². The lowest BCUT2D eigenvalue weighted by Crippen LogP contribution is -2.29. The molecule has 0 amide bonds. The number of hydrogen-bond acceptors (Lipinski definition) is 5. The van der Waals surface area contributed by atoms with Gasteiger partial charge in [0.15, 0.2) is 0 Å². The van der Waals surface area contributed by atoms with Gasteiger partial charge in [-0.3, -0.25) is 0 Å². The summed E-state index contributed by atoms with van der Waals surface area (Å²) >= 11 is 1.72. The van der Waals surface area contributed by atoms with Crippen LogP contribution in [0, 0.1) is 6.92 Å². The number of methoxy groups -OCH3 is 1. The zero-order chi connectivity index (χ0) is 14.8. The Morgan fingerprint density at radius 1 is 1.25 bits per heavy atom. The van der Waals surface area contributed by atoms with Gasteiger partial charge in [-0.1, -0.05) is 6.92 Å². The lowest BCUT2D eigenvalue weighted by molar-refractivity contribution is 0.0126. The predicted octanol–water partition coefficient (Wildman–Crippen LogP) is 2.90. The number of nitrogens with two attached hydrogens (primary N) is 1. The van der Waals surface area contributed by atoms with Crippen LogP contribution in [0.4, 0.5) is 0 Å². The molecule has 0 saturated heterocycles. The van der Waals surface area contributed by atoms with E-state index in [0.29, 0.717) is 26.4 Å². The van der Waals surface area contributed by atoms with Gasteiger partial charge in [0.1, 0.15) is 6.10 Å². The van der Waals surface area contributed by atoms with E-state index in [2.05, 4.69) is 25.3 Å². The monoisotopic (exact) mass is 301 g/mol. The Kier molecular flexibility index (Phi) is 9.05. The van der Waals surface area contributed by atoms with E-state index in [1.54, 1.807) is 18.4 Å². The lowest BCUT2D eigenvalue weighted by Gasteiger charge is -2.23. The molecule has 0 fully saturated rings. The highest BCUT2D eigenvalue weighted by Gasteiger charge is 2.21. The van der Waals surface area contributed by atoms with Crippen LogP contribution in [-0.2, 0) is 14.2 Å². The normalized spacial score (nSPS) is 14.4. The van der Waals surface area contributed by atoms with Gasteiger partial charge < -0.3 is 19.9 Å². The van der Waals surface area contributed by atoms with Crippen molar-refractivity contribution in [2.45, 2.75) is 38.8 Å². The number of aryl methyl sites for hydroxylation is 1. The lowest BCUT2D eigenvalue weighted by atomic mass is 10.1. The van der Waals surface area contributed by atoms with Crippen molar-refractivity contribution in [2.75, 3.05) is 33.5 Å². The second kappa shape index (κ2) is 10.3. The molecule has 0 bridgehead atoms. The first-order chi connectivity index (χ1) is 9.70. The smallest absolute Gasteiger partial charge is 0.107 e. The van der Waals surface area contributed by atoms with Crippen molar-refractivity contribution >= 4 is 11.3 Å².